The van der Waals surface area contributed by atoms with Crippen molar-refractivity contribution in [2.24, 2.45) is 5.73 Å². The number of rotatable bonds is 1. The molecule has 0 aliphatic carbocycles. The van der Waals surface area contributed by atoms with E-state index in [9.17, 15) is 0 Å². The van der Waals surface area contributed by atoms with Crippen LogP contribution in [0.25, 0.3) is 10.6 Å². The molecule has 2 rings (SSSR count). The van der Waals surface area contributed by atoms with Gasteiger partial charge in [0.25, 0.3) is 0 Å². The minimum absolute atomic E-state index is 1.09. The predicted molar refractivity (Wildman–Crippen MR) is 62.4 cm³/mol. The number of benzene rings is 1. The van der Waals surface area contributed by atoms with Crippen LogP contribution in [0.4, 0.5) is 0 Å². The Morgan fingerprint density at radius 3 is 2.29 bits per heavy atom. The summed E-state index contributed by atoms with van der Waals surface area (Å²) in [6, 6.07) is 8.43. The third-order valence-corrected chi connectivity index (χ3v) is 2.55. The van der Waals surface area contributed by atoms with Gasteiger partial charge in [-0.1, -0.05) is 29.8 Å². The van der Waals surface area contributed by atoms with Crippen molar-refractivity contribution in [2.45, 2.75) is 6.92 Å². The molecule has 0 atom stereocenters. The van der Waals surface area contributed by atoms with E-state index in [1.807, 2.05) is 11.6 Å². The van der Waals surface area contributed by atoms with Crippen LogP contribution in [-0.2, 0) is 0 Å². The third-order valence-electron chi connectivity index (χ3n) is 1.73. The zero-order valence-electron chi connectivity index (χ0n) is 8.40. The molecule has 1 aromatic heterocycles. The molecule has 1 heterocycles. The summed E-state index contributed by atoms with van der Waals surface area (Å²) in [6.07, 6.45) is 1.83. The molecular formula is C11H14N2S. The first kappa shape index (κ1) is 10.9. The van der Waals surface area contributed by atoms with E-state index in [0.717, 1.165) is 5.01 Å². The Labute approximate surface area is 88.4 Å². The molecule has 0 saturated carbocycles. The molecule has 2 N–H and O–H groups in total. The lowest BCUT2D eigenvalue weighted by molar-refractivity contribution is 1.40. The lowest BCUT2D eigenvalue weighted by atomic mass is 10.2. The monoisotopic (exact) mass is 206 g/mol. The molecule has 0 radical (unpaired) electrons. The van der Waals surface area contributed by atoms with Crippen LogP contribution in [0.2, 0.25) is 0 Å². The molecule has 0 spiro atoms. The molecule has 0 aliphatic rings. The molecular weight excluding hydrogens is 192 g/mol. The van der Waals surface area contributed by atoms with Crippen LogP contribution in [0.5, 0.6) is 0 Å². The summed E-state index contributed by atoms with van der Waals surface area (Å²) in [4.78, 5) is 4.23. The van der Waals surface area contributed by atoms with Gasteiger partial charge in [0.05, 0.1) is 0 Å². The quantitative estimate of drug-likeness (QED) is 0.779. The second kappa shape index (κ2) is 5.52. The number of hydrogen-bond donors (Lipinski definition) is 1. The Kier molecular flexibility index (Phi) is 4.29. The van der Waals surface area contributed by atoms with Gasteiger partial charge in [-0.3, -0.25) is 0 Å². The summed E-state index contributed by atoms with van der Waals surface area (Å²) in [5.41, 5.74) is 6.99. The maximum atomic E-state index is 4.50. The molecule has 3 heteroatoms. The van der Waals surface area contributed by atoms with Crippen molar-refractivity contribution in [3.05, 3.63) is 41.4 Å². The van der Waals surface area contributed by atoms with Crippen LogP contribution >= 0.6 is 11.3 Å². The minimum Gasteiger partial charge on any atom is -0.333 e. The van der Waals surface area contributed by atoms with Crippen molar-refractivity contribution in [2.75, 3.05) is 7.05 Å². The normalized spacial score (nSPS) is 9.07. The molecule has 0 unspecified atom stereocenters. The van der Waals surface area contributed by atoms with Crippen molar-refractivity contribution in [1.82, 2.24) is 4.98 Å². The van der Waals surface area contributed by atoms with Gasteiger partial charge in [-0.05, 0) is 14.0 Å². The largest absolute Gasteiger partial charge is 0.333 e. The smallest absolute Gasteiger partial charge is 0.123 e. The van der Waals surface area contributed by atoms with Gasteiger partial charge < -0.3 is 5.73 Å². The Balaban J connectivity index is 0.000000461. The van der Waals surface area contributed by atoms with Gasteiger partial charge in [0.15, 0.2) is 0 Å². The average molecular weight is 206 g/mol. The summed E-state index contributed by atoms with van der Waals surface area (Å²) >= 11 is 1.67. The maximum absolute atomic E-state index is 4.50. The maximum Gasteiger partial charge on any atom is 0.123 e. The molecule has 0 fully saturated rings. The highest BCUT2D eigenvalue weighted by molar-refractivity contribution is 7.13. The molecule has 0 saturated heterocycles. The Morgan fingerprint density at radius 1 is 1.14 bits per heavy atom. The predicted octanol–water partition coefficient (Wildman–Crippen LogP) is 2.69. The number of aryl methyl sites for hydroxylation is 1. The number of nitrogens with zero attached hydrogens (tertiary/aromatic N) is 1. The highest BCUT2D eigenvalue weighted by Gasteiger charge is 1.97. The van der Waals surface area contributed by atoms with Gasteiger partial charge in [0, 0.05) is 17.1 Å². The second-order valence-corrected chi connectivity index (χ2v) is 3.60. The molecule has 0 bridgehead atoms. The first-order valence-corrected chi connectivity index (χ1v) is 5.28. The van der Waals surface area contributed by atoms with Crippen molar-refractivity contribution < 1.29 is 0 Å². The van der Waals surface area contributed by atoms with E-state index in [-0.39, 0.29) is 0 Å². The van der Waals surface area contributed by atoms with Gasteiger partial charge in [-0.15, -0.1) is 11.3 Å². The van der Waals surface area contributed by atoms with Gasteiger partial charge in [-0.25, -0.2) is 4.98 Å². The fraction of sp³-hybridized carbons (Fsp3) is 0.182. The lowest BCUT2D eigenvalue weighted by Crippen LogP contribution is -1.75. The van der Waals surface area contributed by atoms with Crippen LogP contribution in [0.15, 0.2) is 35.8 Å². The Hall–Kier alpha value is -1.19. The van der Waals surface area contributed by atoms with Crippen molar-refractivity contribution >= 4 is 11.3 Å². The van der Waals surface area contributed by atoms with Crippen LogP contribution in [0.1, 0.15) is 5.56 Å². The minimum atomic E-state index is 1.09. The lowest BCUT2D eigenvalue weighted by Gasteiger charge is -1.95. The summed E-state index contributed by atoms with van der Waals surface area (Å²) in [5, 5.41) is 3.09. The summed E-state index contributed by atoms with van der Waals surface area (Å²) in [7, 11) is 1.50. The van der Waals surface area contributed by atoms with Crippen LogP contribution in [0.3, 0.4) is 0 Å². The van der Waals surface area contributed by atoms with E-state index < -0.39 is 0 Å². The fourth-order valence-corrected chi connectivity index (χ4v) is 1.71. The van der Waals surface area contributed by atoms with E-state index in [1.165, 1.54) is 18.2 Å². The van der Waals surface area contributed by atoms with E-state index in [0.29, 0.717) is 0 Å². The SMILES string of the molecule is CN.Cc1ccc(-c2nccs2)cc1. The molecule has 2 nitrogen and oxygen atoms in total. The molecule has 0 amide bonds. The van der Waals surface area contributed by atoms with Gasteiger partial charge in [-0.2, -0.15) is 0 Å². The first-order chi connectivity index (χ1) is 6.86. The molecule has 14 heavy (non-hydrogen) atoms. The Morgan fingerprint density at radius 2 is 1.79 bits per heavy atom. The third kappa shape index (κ3) is 2.65. The Bertz CT molecular complexity index is 351. The van der Waals surface area contributed by atoms with Gasteiger partial charge in [0.1, 0.15) is 5.01 Å². The molecule has 2 aromatic rings. The van der Waals surface area contributed by atoms with Crippen molar-refractivity contribution in [3.63, 3.8) is 0 Å². The molecule has 74 valence electrons. The van der Waals surface area contributed by atoms with E-state index in [2.05, 4.69) is 41.9 Å². The van der Waals surface area contributed by atoms with Crippen LogP contribution < -0.4 is 5.73 Å². The zero-order valence-corrected chi connectivity index (χ0v) is 9.21. The standard InChI is InChI=1S/C10H9NS.CH5N/c1-8-2-4-9(5-3-8)10-11-6-7-12-10;1-2/h2-7H,1H3;2H2,1H3. The molecule has 0 aliphatic heterocycles. The van der Waals surface area contributed by atoms with Crippen LogP contribution in [-0.4, -0.2) is 12.0 Å². The number of aromatic nitrogens is 1. The zero-order chi connectivity index (χ0) is 10.4. The fourth-order valence-electron chi connectivity index (χ4n) is 1.06. The molecule has 1 aromatic carbocycles. The first-order valence-electron chi connectivity index (χ1n) is 4.40. The highest BCUT2D eigenvalue weighted by Crippen LogP contribution is 2.21. The topological polar surface area (TPSA) is 38.9 Å². The van der Waals surface area contributed by atoms with Crippen molar-refractivity contribution in [1.29, 1.82) is 0 Å². The highest BCUT2D eigenvalue weighted by atomic mass is 32.1. The van der Waals surface area contributed by atoms with Gasteiger partial charge >= 0.3 is 0 Å². The van der Waals surface area contributed by atoms with E-state index in [4.69, 9.17) is 0 Å². The van der Waals surface area contributed by atoms with E-state index in [1.54, 1.807) is 11.3 Å². The number of hydrogen-bond acceptors (Lipinski definition) is 3. The van der Waals surface area contributed by atoms with Crippen molar-refractivity contribution in [3.8, 4) is 10.6 Å². The summed E-state index contributed by atoms with van der Waals surface area (Å²) in [6.45, 7) is 2.09. The second-order valence-electron chi connectivity index (χ2n) is 2.70. The van der Waals surface area contributed by atoms with Crippen LogP contribution in [0, 0.1) is 6.92 Å². The number of thiazole rings is 1. The average Bonchev–Trinajstić information content (AvgIpc) is 2.75. The van der Waals surface area contributed by atoms with Gasteiger partial charge in [0.2, 0.25) is 0 Å². The summed E-state index contributed by atoms with van der Waals surface area (Å²) < 4.78 is 0. The van der Waals surface area contributed by atoms with E-state index >= 15 is 0 Å². The number of nitrogens with two attached hydrogens (primary N) is 1. The summed E-state index contributed by atoms with van der Waals surface area (Å²) in [5.74, 6) is 0.